The topological polar surface area (TPSA) is 66.1 Å². The van der Waals surface area contributed by atoms with Gasteiger partial charge in [-0.05, 0) is 44.2 Å². The minimum atomic E-state index is -0.432. The van der Waals surface area contributed by atoms with Crippen LogP contribution in [0.4, 0.5) is 0 Å². The van der Waals surface area contributed by atoms with Crippen molar-refractivity contribution in [3.05, 3.63) is 53.7 Å². The van der Waals surface area contributed by atoms with Gasteiger partial charge in [0.25, 0.3) is 0 Å². The number of pyridine rings is 1. The lowest BCUT2D eigenvalue weighted by Gasteiger charge is -2.31. The summed E-state index contributed by atoms with van der Waals surface area (Å²) in [6.45, 7) is 3.97. The van der Waals surface area contributed by atoms with E-state index in [0.29, 0.717) is 5.56 Å². The zero-order valence-electron chi connectivity index (χ0n) is 12.2. The highest BCUT2D eigenvalue weighted by atomic mass is 32.2. The van der Waals surface area contributed by atoms with Crippen molar-refractivity contribution in [3.8, 4) is 17.7 Å². The van der Waals surface area contributed by atoms with E-state index < -0.39 is 5.60 Å². The van der Waals surface area contributed by atoms with Gasteiger partial charge in [-0.3, -0.25) is 0 Å². The first-order valence-corrected chi connectivity index (χ1v) is 7.58. The highest BCUT2D eigenvalue weighted by molar-refractivity contribution is 8.08. The Kier molecular flexibility index (Phi) is 3.55. The lowest BCUT2D eigenvalue weighted by molar-refractivity contribution is 0.158. The fraction of sp³-hybridized carbons (Fsp3) is 0.176. The Balaban J connectivity index is 2.05. The van der Waals surface area contributed by atoms with Gasteiger partial charge in [0.1, 0.15) is 11.4 Å². The Hall–Kier alpha value is -2.45. The van der Waals surface area contributed by atoms with Gasteiger partial charge in [-0.15, -0.1) is 0 Å². The molecule has 1 N–H and O–H groups in total. The van der Waals surface area contributed by atoms with Crippen LogP contribution < -0.4 is 4.74 Å². The Morgan fingerprint density at radius 1 is 1.27 bits per heavy atom. The molecule has 1 aromatic heterocycles. The monoisotopic (exact) mass is 310 g/mol. The van der Waals surface area contributed by atoms with E-state index >= 15 is 0 Å². The van der Waals surface area contributed by atoms with Gasteiger partial charge in [-0.1, -0.05) is 11.8 Å². The maximum atomic E-state index is 9.51. The van der Waals surface area contributed by atoms with E-state index in [4.69, 9.17) is 10.00 Å². The molecule has 1 aliphatic heterocycles. The SMILES string of the molecule is CC1(C)C=C(Sc2ccnc(O)c2)c2cc(C#N)ccc2O1. The molecule has 0 spiro atoms. The zero-order chi connectivity index (χ0) is 15.7. The van der Waals surface area contributed by atoms with Crippen LogP contribution in [0.25, 0.3) is 4.91 Å². The van der Waals surface area contributed by atoms with Crippen molar-refractivity contribution in [2.45, 2.75) is 24.3 Å². The summed E-state index contributed by atoms with van der Waals surface area (Å²) in [4.78, 5) is 5.66. The molecule has 22 heavy (non-hydrogen) atoms. The van der Waals surface area contributed by atoms with Gasteiger partial charge in [-0.2, -0.15) is 5.26 Å². The predicted molar refractivity (Wildman–Crippen MR) is 85.6 cm³/mol. The molecular formula is C17H14N2O2S. The van der Waals surface area contributed by atoms with E-state index in [1.54, 1.807) is 18.3 Å². The second-order valence-electron chi connectivity index (χ2n) is 5.49. The fourth-order valence-corrected chi connectivity index (χ4v) is 3.42. The van der Waals surface area contributed by atoms with Crippen LogP contribution in [0.5, 0.6) is 11.6 Å². The minimum absolute atomic E-state index is 0.0112. The second kappa shape index (κ2) is 5.39. The molecule has 1 aliphatic rings. The predicted octanol–water partition coefficient (Wildman–Crippen LogP) is 3.96. The molecule has 5 heteroatoms. The maximum Gasteiger partial charge on any atom is 0.211 e. The fourth-order valence-electron chi connectivity index (χ4n) is 2.26. The van der Waals surface area contributed by atoms with Crippen molar-refractivity contribution in [1.29, 1.82) is 5.26 Å². The van der Waals surface area contributed by atoms with E-state index in [-0.39, 0.29) is 5.88 Å². The summed E-state index contributed by atoms with van der Waals surface area (Å²) in [5, 5.41) is 18.6. The molecule has 0 atom stereocenters. The van der Waals surface area contributed by atoms with Crippen molar-refractivity contribution in [1.82, 2.24) is 4.98 Å². The first kappa shape index (κ1) is 14.5. The highest BCUT2D eigenvalue weighted by Gasteiger charge is 2.27. The largest absolute Gasteiger partial charge is 0.493 e. The van der Waals surface area contributed by atoms with Crippen LogP contribution >= 0.6 is 11.8 Å². The number of benzene rings is 1. The van der Waals surface area contributed by atoms with Crippen molar-refractivity contribution < 1.29 is 9.84 Å². The Morgan fingerprint density at radius 3 is 2.82 bits per heavy atom. The van der Waals surface area contributed by atoms with Crippen LogP contribution in [0, 0.1) is 11.3 Å². The zero-order valence-corrected chi connectivity index (χ0v) is 13.0. The molecule has 0 unspecified atom stereocenters. The number of hydrogen-bond donors (Lipinski definition) is 1. The molecule has 0 saturated heterocycles. The maximum absolute atomic E-state index is 9.51. The molecule has 0 saturated carbocycles. The van der Waals surface area contributed by atoms with Gasteiger partial charge in [0.2, 0.25) is 5.88 Å². The first-order chi connectivity index (χ1) is 10.5. The molecule has 3 rings (SSSR count). The Labute approximate surface area is 133 Å². The van der Waals surface area contributed by atoms with Gasteiger partial charge >= 0.3 is 0 Å². The number of rotatable bonds is 2. The normalized spacial score (nSPS) is 15.2. The van der Waals surface area contributed by atoms with Crippen LogP contribution in [0.2, 0.25) is 0 Å². The standard InChI is InChI=1S/C17H14N2O2S/c1-17(2)9-15(22-12-5-6-19-16(20)8-12)13-7-11(10-18)3-4-14(13)21-17/h3-9H,1-2H3,(H,19,20). The molecular weight excluding hydrogens is 296 g/mol. The van der Waals surface area contributed by atoms with Gasteiger partial charge in [0, 0.05) is 27.6 Å². The summed E-state index contributed by atoms with van der Waals surface area (Å²) >= 11 is 1.51. The van der Waals surface area contributed by atoms with Gasteiger partial charge in [0.15, 0.2) is 0 Å². The Bertz CT molecular complexity index is 807. The summed E-state index contributed by atoms with van der Waals surface area (Å²) in [7, 11) is 0. The smallest absolute Gasteiger partial charge is 0.211 e. The summed E-state index contributed by atoms with van der Waals surface area (Å²) in [5.74, 6) is 0.746. The molecule has 2 aromatic rings. The first-order valence-electron chi connectivity index (χ1n) is 6.76. The molecule has 110 valence electrons. The molecule has 1 aromatic carbocycles. The molecule has 4 nitrogen and oxygen atoms in total. The molecule has 0 bridgehead atoms. The van der Waals surface area contributed by atoms with E-state index in [1.165, 1.54) is 11.8 Å². The lowest BCUT2D eigenvalue weighted by Crippen LogP contribution is -2.28. The average molecular weight is 310 g/mol. The van der Waals surface area contributed by atoms with Gasteiger partial charge in [0.05, 0.1) is 11.6 Å². The van der Waals surface area contributed by atoms with Crippen LogP contribution in [0.1, 0.15) is 25.0 Å². The number of fused-ring (bicyclic) bond motifs is 1. The van der Waals surface area contributed by atoms with Gasteiger partial charge < -0.3 is 9.84 Å². The number of aromatic nitrogens is 1. The number of nitriles is 1. The van der Waals surface area contributed by atoms with Crippen LogP contribution in [0.15, 0.2) is 47.5 Å². The third-order valence-corrected chi connectivity index (χ3v) is 4.22. The van der Waals surface area contributed by atoms with Crippen LogP contribution in [-0.4, -0.2) is 15.7 Å². The number of nitrogens with zero attached hydrogens (tertiary/aromatic N) is 2. The molecule has 0 aliphatic carbocycles. The average Bonchev–Trinajstić information content (AvgIpc) is 2.46. The second-order valence-corrected chi connectivity index (χ2v) is 6.60. The van der Waals surface area contributed by atoms with Crippen molar-refractivity contribution in [2.24, 2.45) is 0 Å². The van der Waals surface area contributed by atoms with Crippen LogP contribution in [0.3, 0.4) is 0 Å². The van der Waals surface area contributed by atoms with E-state index in [0.717, 1.165) is 21.1 Å². The van der Waals surface area contributed by atoms with Crippen molar-refractivity contribution in [2.75, 3.05) is 0 Å². The third kappa shape index (κ3) is 2.92. The molecule has 2 heterocycles. The molecule has 0 radical (unpaired) electrons. The summed E-state index contributed by atoms with van der Waals surface area (Å²) in [6, 6.07) is 11.0. The Morgan fingerprint density at radius 2 is 2.09 bits per heavy atom. The summed E-state index contributed by atoms with van der Waals surface area (Å²) in [5.41, 5.74) is 1.05. The van der Waals surface area contributed by atoms with Crippen molar-refractivity contribution in [3.63, 3.8) is 0 Å². The number of hydrogen-bond acceptors (Lipinski definition) is 5. The summed E-state index contributed by atoms with van der Waals surface area (Å²) in [6.07, 6.45) is 3.59. The molecule has 0 amide bonds. The third-order valence-electron chi connectivity index (χ3n) is 3.17. The number of ether oxygens (including phenoxy) is 1. The minimum Gasteiger partial charge on any atom is -0.493 e. The highest BCUT2D eigenvalue weighted by Crippen LogP contribution is 2.44. The van der Waals surface area contributed by atoms with E-state index in [9.17, 15) is 5.11 Å². The van der Waals surface area contributed by atoms with E-state index in [1.807, 2.05) is 38.1 Å². The van der Waals surface area contributed by atoms with Gasteiger partial charge in [-0.25, -0.2) is 4.98 Å². The quantitative estimate of drug-likeness (QED) is 0.909. The number of aromatic hydroxyl groups is 1. The van der Waals surface area contributed by atoms with E-state index in [2.05, 4.69) is 11.1 Å². The lowest BCUT2D eigenvalue weighted by atomic mass is 10.0. The number of thioether (sulfide) groups is 1. The van der Waals surface area contributed by atoms with Crippen molar-refractivity contribution >= 4 is 16.7 Å². The molecule has 0 fully saturated rings. The summed E-state index contributed by atoms with van der Waals surface area (Å²) < 4.78 is 5.95. The van der Waals surface area contributed by atoms with Crippen LogP contribution in [-0.2, 0) is 0 Å².